The van der Waals surface area contributed by atoms with Crippen LogP contribution in [0.3, 0.4) is 0 Å². The predicted octanol–water partition coefficient (Wildman–Crippen LogP) is 2.75. The lowest BCUT2D eigenvalue weighted by atomic mass is 10.1. The van der Waals surface area contributed by atoms with Gasteiger partial charge >= 0.3 is 0 Å². The molecule has 0 saturated heterocycles. The van der Waals surface area contributed by atoms with E-state index in [4.69, 9.17) is 0 Å². The van der Waals surface area contributed by atoms with E-state index in [2.05, 4.69) is 6.07 Å². The van der Waals surface area contributed by atoms with E-state index in [1.807, 2.05) is 13.8 Å². The van der Waals surface area contributed by atoms with Crippen molar-refractivity contribution in [3.63, 3.8) is 0 Å². The Labute approximate surface area is 67.1 Å². The van der Waals surface area contributed by atoms with Gasteiger partial charge in [0.2, 0.25) is 0 Å². The molecular weight excluding hydrogens is 139 g/mol. The maximum absolute atomic E-state index is 13.0. The fraction of sp³-hybridized carbons (Fsp3) is 0.400. The van der Waals surface area contributed by atoms with Gasteiger partial charge in [-0.3, -0.25) is 0 Å². The lowest BCUT2D eigenvalue weighted by Crippen LogP contribution is -1.90. The zero-order valence-electron chi connectivity index (χ0n) is 6.95. The molecule has 0 aliphatic rings. The van der Waals surface area contributed by atoms with Gasteiger partial charge in [0.05, 0.1) is 0 Å². The van der Waals surface area contributed by atoms with Crippen LogP contribution in [0.15, 0.2) is 12.1 Å². The quantitative estimate of drug-likeness (QED) is 0.609. The van der Waals surface area contributed by atoms with Crippen LogP contribution in [-0.4, -0.2) is 0 Å². The first-order valence-corrected chi connectivity index (χ1v) is 3.97. The molecule has 0 aromatic heterocycles. The molecule has 0 unspecified atom stereocenters. The van der Waals surface area contributed by atoms with Crippen molar-refractivity contribution >= 4 is 0 Å². The lowest BCUT2D eigenvalue weighted by molar-refractivity contribution is 0.610. The molecule has 11 heavy (non-hydrogen) atoms. The largest absolute Gasteiger partial charge is 0.207 e. The summed E-state index contributed by atoms with van der Waals surface area (Å²) >= 11 is 0. The van der Waals surface area contributed by atoms with Crippen LogP contribution < -0.4 is 0 Å². The van der Waals surface area contributed by atoms with Crippen LogP contribution in [0.4, 0.5) is 4.39 Å². The third-order valence-electron chi connectivity index (χ3n) is 1.80. The van der Waals surface area contributed by atoms with Gasteiger partial charge in [-0.2, -0.15) is 0 Å². The predicted molar refractivity (Wildman–Crippen MR) is 44.0 cm³/mol. The normalized spacial score (nSPS) is 10.1. The van der Waals surface area contributed by atoms with Gasteiger partial charge in [0, 0.05) is 0 Å². The molecule has 0 amide bonds. The molecule has 0 saturated carbocycles. The Hall–Kier alpha value is -0.850. The van der Waals surface area contributed by atoms with E-state index >= 15 is 0 Å². The van der Waals surface area contributed by atoms with Crippen LogP contribution >= 0.6 is 0 Å². The van der Waals surface area contributed by atoms with E-state index in [1.165, 1.54) is 0 Å². The molecule has 0 aliphatic heterocycles. The van der Waals surface area contributed by atoms with E-state index < -0.39 is 0 Å². The molecular formula is C10H12F. The van der Waals surface area contributed by atoms with Gasteiger partial charge in [0.15, 0.2) is 0 Å². The second-order valence-corrected chi connectivity index (χ2v) is 2.54. The first-order valence-electron chi connectivity index (χ1n) is 3.97. The van der Waals surface area contributed by atoms with Crippen molar-refractivity contribution < 1.29 is 4.39 Å². The Morgan fingerprint density at radius 2 is 2.09 bits per heavy atom. The summed E-state index contributed by atoms with van der Waals surface area (Å²) in [5.74, 6) is -0.0944. The van der Waals surface area contributed by atoms with Gasteiger partial charge in [-0.25, -0.2) is 4.39 Å². The highest BCUT2D eigenvalue weighted by atomic mass is 19.1. The molecule has 1 radical (unpaired) electrons. The third kappa shape index (κ3) is 1.79. The minimum absolute atomic E-state index is 0.0944. The van der Waals surface area contributed by atoms with Crippen molar-refractivity contribution in [1.29, 1.82) is 0 Å². The SMILES string of the molecule is CCc1[c]cc(CC)c(F)c1. The van der Waals surface area contributed by atoms with Gasteiger partial charge < -0.3 is 0 Å². The van der Waals surface area contributed by atoms with Crippen LogP contribution in [0.1, 0.15) is 25.0 Å². The Kier molecular flexibility index (Phi) is 2.64. The van der Waals surface area contributed by atoms with Crippen molar-refractivity contribution in [2.75, 3.05) is 0 Å². The summed E-state index contributed by atoms with van der Waals surface area (Å²) in [6.07, 6.45) is 1.59. The molecule has 1 rings (SSSR count). The monoisotopic (exact) mass is 151 g/mol. The number of rotatable bonds is 2. The molecule has 1 aromatic rings. The van der Waals surface area contributed by atoms with E-state index in [9.17, 15) is 4.39 Å². The fourth-order valence-electron chi connectivity index (χ4n) is 1.01. The maximum Gasteiger partial charge on any atom is 0.126 e. The van der Waals surface area contributed by atoms with Crippen LogP contribution in [0, 0.1) is 11.9 Å². The Balaban J connectivity index is 2.99. The molecule has 0 N–H and O–H groups in total. The Bertz CT molecular complexity index is 241. The van der Waals surface area contributed by atoms with Crippen LogP contribution in [0.2, 0.25) is 0 Å². The Morgan fingerprint density at radius 3 is 2.55 bits per heavy atom. The van der Waals surface area contributed by atoms with Crippen molar-refractivity contribution in [2.24, 2.45) is 0 Å². The third-order valence-corrected chi connectivity index (χ3v) is 1.80. The van der Waals surface area contributed by atoms with Crippen molar-refractivity contribution in [1.82, 2.24) is 0 Å². The van der Waals surface area contributed by atoms with Gasteiger partial charge in [0.1, 0.15) is 5.82 Å². The molecule has 0 spiro atoms. The number of hydrogen-bond donors (Lipinski definition) is 0. The highest BCUT2D eigenvalue weighted by Gasteiger charge is 1.99. The molecule has 0 atom stereocenters. The average molecular weight is 151 g/mol. The topological polar surface area (TPSA) is 0 Å². The van der Waals surface area contributed by atoms with Gasteiger partial charge in [-0.05, 0) is 42.2 Å². The molecule has 0 bridgehead atoms. The van der Waals surface area contributed by atoms with Crippen molar-refractivity contribution in [2.45, 2.75) is 26.7 Å². The zero-order valence-corrected chi connectivity index (χ0v) is 6.95. The van der Waals surface area contributed by atoms with E-state index in [-0.39, 0.29) is 5.82 Å². The standard InChI is InChI=1S/C10H12F/c1-3-8-5-6-9(4-2)10(11)7-8/h6-7H,3-4H2,1-2H3. The molecule has 0 aliphatic carbocycles. The summed E-state index contributed by atoms with van der Waals surface area (Å²) in [7, 11) is 0. The maximum atomic E-state index is 13.0. The minimum atomic E-state index is -0.0944. The smallest absolute Gasteiger partial charge is 0.126 e. The van der Waals surface area contributed by atoms with Crippen LogP contribution in [-0.2, 0) is 12.8 Å². The number of benzene rings is 1. The summed E-state index contributed by atoms with van der Waals surface area (Å²) in [6.45, 7) is 3.94. The van der Waals surface area contributed by atoms with E-state index in [1.54, 1.807) is 12.1 Å². The molecule has 1 heteroatoms. The second-order valence-electron chi connectivity index (χ2n) is 2.54. The molecule has 0 heterocycles. The number of halogens is 1. The number of hydrogen-bond acceptors (Lipinski definition) is 0. The van der Waals surface area contributed by atoms with E-state index in [0.29, 0.717) is 0 Å². The molecule has 0 nitrogen and oxygen atoms in total. The van der Waals surface area contributed by atoms with Crippen LogP contribution in [0.5, 0.6) is 0 Å². The van der Waals surface area contributed by atoms with Crippen molar-refractivity contribution in [3.8, 4) is 0 Å². The van der Waals surface area contributed by atoms with Gasteiger partial charge in [0.25, 0.3) is 0 Å². The first kappa shape index (κ1) is 8.25. The number of aryl methyl sites for hydroxylation is 2. The summed E-state index contributed by atoms with van der Waals surface area (Å²) in [5.41, 5.74) is 1.70. The fourth-order valence-corrected chi connectivity index (χ4v) is 1.01. The average Bonchev–Trinajstić information content (AvgIpc) is 2.04. The van der Waals surface area contributed by atoms with Gasteiger partial charge in [-0.15, -0.1) is 0 Å². The van der Waals surface area contributed by atoms with Crippen LogP contribution in [0.25, 0.3) is 0 Å². The van der Waals surface area contributed by atoms with Crippen molar-refractivity contribution in [3.05, 3.63) is 35.1 Å². The highest BCUT2D eigenvalue weighted by Crippen LogP contribution is 2.10. The molecule has 1 aromatic carbocycles. The summed E-state index contributed by atoms with van der Waals surface area (Å²) in [5, 5.41) is 0. The summed E-state index contributed by atoms with van der Waals surface area (Å²) in [6, 6.07) is 6.35. The first-order chi connectivity index (χ1) is 5.27. The summed E-state index contributed by atoms with van der Waals surface area (Å²) < 4.78 is 13.0. The highest BCUT2D eigenvalue weighted by molar-refractivity contribution is 5.22. The second kappa shape index (κ2) is 3.51. The molecule has 0 fully saturated rings. The lowest BCUT2D eigenvalue weighted by Gasteiger charge is -2.00. The molecule has 59 valence electrons. The van der Waals surface area contributed by atoms with Gasteiger partial charge in [-0.1, -0.05) is 13.8 Å². The minimum Gasteiger partial charge on any atom is -0.207 e. The zero-order chi connectivity index (χ0) is 8.27. The van der Waals surface area contributed by atoms with E-state index in [0.717, 1.165) is 24.0 Å². The summed E-state index contributed by atoms with van der Waals surface area (Å²) in [4.78, 5) is 0. The Morgan fingerprint density at radius 1 is 1.36 bits per heavy atom.